The van der Waals surface area contributed by atoms with Crippen molar-refractivity contribution < 1.29 is 4.79 Å². The summed E-state index contributed by atoms with van der Waals surface area (Å²) in [6.07, 6.45) is 3.70. The number of hydrogen-bond donors (Lipinski definition) is 2. The van der Waals surface area contributed by atoms with Crippen LogP contribution in [0, 0.1) is 5.41 Å². The van der Waals surface area contributed by atoms with Crippen molar-refractivity contribution in [1.29, 1.82) is 5.41 Å². The zero-order chi connectivity index (χ0) is 17.7. The molecule has 0 spiro atoms. The third-order valence-corrected chi connectivity index (χ3v) is 4.43. The maximum Gasteiger partial charge on any atom is 0.149 e. The first-order valence-electron chi connectivity index (χ1n) is 8.21. The van der Waals surface area contributed by atoms with Gasteiger partial charge in [0.25, 0.3) is 0 Å². The summed E-state index contributed by atoms with van der Waals surface area (Å²) in [6.45, 7) is 0. The molecule has 0 fully saturated rings. The molecule has 1 aromatic heterocycles. The van der Waals surface area contributed by atoms with Crippen LogP contribution in [-0.4, -0.2) is 10.9 Å². The van der Waals surface area contributed by atoms with E-state index in [1.165, 1.54) is 0 Å². The van der Waals surface area contributed by atoms with Crippen molar-refractivity contribution in [3.05, 3.63) is 95.6 Å². The number of nitrogens with two attached hydrogens (primary N) is 1. The number of carbonyl (C=O) groups excluding carboxylic acids is 1. The first-order chi connectivity index (χ1) is 12.1. The van der Waals surface area contributed by atoms with E-state index in [-0.39, 0.29) is 5.49 Å². The average molecular weight is 331 g/mol. The number of hydrogen-bond acceptors (Lipinski definition) is 3. The smallest absolute Gasteiger partial charge is 0.149 e. The Hall–Kier alpha value is -3.14. The first-order valence-corrected chi connectivity index (χ1v) is 8.21. The van der Waals surface area contributed by atoms with Crippen molar-refractivity contribution >= 4 is 12.0 Å². The van der Waals surface area contributed by atoms with Crippen LogP contribution in [0.5, 0.6) is 0 Å². The molecule has 0 aliphatic carbocycles. The SMILES string of the molecule is N=c1c(N)cccn1C(C=O)(Cc1ccccc1)Cc1ccccc1. The second-order valence-electron chi connectivity index (χ2n) is 6.23. The quantitative estimate of drug-likeness (QED) is 0.682. The number of nitrogen functional groups attached to an aromatic ring is 1. The van der Waals surface area contributed by atoms with Gasteiger partial charge < -0.3 is 15.1 Å². The highest BCUT2D eigenvalue weighted by atomic mass is 16.1. The maximum atomic E-state index is 12.4. The molecule has 3 N–H and O–H groups in total. The Labute approximate surface area is 147 Å². The summed E-state index contributed by atoms with van der Waals surface area (Å²) in [5.74, 6) is 0. The number of nitrogens with zero attached hydrogens (tertiary/aromatic N) is 1. The van der Waals surface area contributed by atoms with Gasteiger partial charge in [-0.3, -0.25) is 5.41 Å². The number of carbonyl (C=O) groups is 1. The number of nitrogens with one attached hydrogen (secondary N) is 1. The van der Waals surface area contributed by atoms with Gasteiger partial charge in [-0.15, -0.1) is 0 Å². The summed E-state index contributed by atoms with van der Waals surface area (Å²) in [5.41, 5.74) is 7.62. The van der Waals surface area contributed by atoms with E-state index in [0.717, 1.165) is 17.4 Å². The molecule has 1 heterocycles. The molecule has 0 aliphatic heterocycles. The average Bonchev–Trinajstić information content (AvgIpc) is 2.65. The molecule has 0 saturated carbocycles. The lowest BCUT2D eigenvalue weighted by Crippen LogP contribution is -2.46. The van der Waals surface area contributed by atoms with Crippen LogP contribution in [0.1, 0.15) is 11.1 Å². The predicted molar refractivity (Wildman–Crippen MR) is 99.0 cm³/mol. The van der Waals surface area contributed by atoms with E-state index >= 15 is 0 Å². The molecule has 3 rings (SSSR count). The first kappa shape index (κ1) is 16.7. The zero-order valence-electron chi connectivity index (χ0n) is 13.9. The molecule has 0 amide bonds. The predicted octanol–water partition coefficient (Wildman–Crippen LogP) is 2.93. The van der Waals surface area contributed by atoms with Gasteiger partial charge in [-0.1, -0.05) is 60.7 Å². The molecule has 0 bridgehead atoms. The van der Waals surface area contributed by atoms with Crippen LogP contribution < -0.4 is 11.2 Å². The zero-order valence-corrected chi connectivity index (χ0v) is 13.9. The van der Waals surface area contributed by atoms with Crippen molar-refractivity contribution in [3.8, 4) is 0 Å². The standard InChI is InChI=1S/C21H21N3O/c22-19-12-7-13-24(20(19)23)21(16-25,14-17-8-3-1-4-9-17)15-18-10-5-2-6-11-18/h1-13,16,23H,14-15,22H2. The lowest BCUT2D eigenvalue weighted by Gasteiger charge is -2.32. The Morgan fingerprint density at radius 1 is 0.880 bits per heavy atom. The molecule has 0 atom stereocenters. The van der Waals surface area contributed by atoms with Gasteiger partial charge in [-0.25, -0.2) is 0 Å². The van der Waals surface area contributed by atoms with Gasteiger partial charge in [0, 0.05) is 19.0 Å². The minimum atomic E-state index is -0.908. The molecule has 3 aromatic rings. The Morgan fingerprint density at radius 3 is 1.88 bits per heavy atom. The molecule has 0 radical (unpaired) electrons. The Balaban J connectivity index is 2.13. The lowest BCUT2D eigenvalue weighted by atomic mass is 9.85. The maximum absolute atomic E-state index is 12.4. The highest BCUT2D eigenvalue weighted by Crippen LogP contribution is 2.24. The Morgan fingerprint density at radius 2 is 1.40 bits per heavy atom. The van der Waals surface area contributed by atoms with Crippen LogP contribution >= 0.6 is 0 Å². The van der Waals surface area contributed by atoms with Gasteiger partial charge in [0.05, 0.1) is 5.69 Å². The number of rotatable bonds is 6. The van der Waals surface area contributed by atoms with E-state index in [1.54, 1.807) is 22.9 Å². The van der Waals surface area contributed by atoms with Gasteiger partial charge in [0.1, 0.15) is 17.3 Å². The summed E-state index contributed by atoms with van der Waals surface area (Å²) in [6, 6.07) is 23.2. The van der Waals surface area contributed by atoms with Crippen molar-refractivity contribution in [1.82, 2.24) is 4.57 Å². The summed E-state index contributed by atoms with van der Waals surface area (Å²) in [7, 11) is 0. The van der Waals surface area contributed by atoms with Crippen molar-refractivity contribution in [2.24, 2.45) is 0 Å². The molecule has 0 aliphatic rings. The van der Waals surface area contributed by atoms with Gasteiger partial charge in [-0.2, -0.15) is 0 Å². The number of pyridine rings is 1. The fourth-order valence-electron chi connectivity index (χ4n) is 3.17. The van der Waals surface area contributed by atoms with Crippen LogP contribution in [0.15, 0.2) is 79.0 Å². The third kappa shape index (κ3) is 3.53. The number of aldehydes is 1. The monoisotopic (exact) mass is 331 g/mol. The lowest BCUT2D eigenvalue weighted by molar-refractivity contribution is -0.115. The fourth-order valence-corrected chi connectivity index (χ4v) is 3.17. The van der Waals surface area contributed by atoms with E-state index in [0.29, 0.717) is 18.5 Å². The largest absolute Gasteiger partial charge is 0.396 e. The molecule has 4 heteroatoms. The molecule has 4 nitrogen and oxygen atoms in total. The molecular formula is C21H21N3O. The number of benzene rings is 2. The summed E-state index contributed by atoms with van der Waals surface area (Å²) in [4.78, 5) is 12.4. The molecule has 2 aromatic carbocycles. The molecular weight excluding hydrogens is 310 g/mol. The number of aromatic nitrogens is 1. The Kier molecular flexibility index (Phi) is 4.80. The molecule has 0 saturated heterocycles. The van der Waals surface area contributed by atoms with Crippen LogP contribution in [0.2, 0.25) is 0 Å². The van der Waals surface area contributed by atoms with Crippen LogP contribution in [-0.2, 0) is 23.2 Å². The van der Waals surface area contributed by atoms with E-state index in [9.17, 15) is 4.79 Å². The highest BCUT2D eigenvalue weighted by molar-refractivity contribution is 5.64. The van der Waals surface area contributed by atoms with E-state index in [1.807, 2.05) is 60.7 Å². The fraction of sp³-hybridized carbons (Fsp3) is 0.143. The topological polar surface area (TPSA) is 71.9 Å². The summed E-state index contributed by atoms with van der Waals surface area (Å²) >= 11 is 0. The van der Waals surface area contributed by atoms with Gasteiger partial charge >= 0.3 is 0 Å². The second-order valence-corrected chi connectivity index (χ2v) is 6.23. The van der Waals surface area contributed by atoms with E-state index in [4.69, 9.17) is 11.1 Å². The third-order valence-electron chi connectivity index (χ3n) is 4.43. The summed E-state index contributed by atoms with van der Waals surface area (Å²) in [5, 5.41) is 8.37. The van der Waals surface area contributed by atoms with Crippen LogP contribution in [0.25, 0.3) is 0 Å². The second kappa shape index (κ2) is 7.18. The van der Waals surface area contributed by atoms with E-state index < -0.39 is 5.54 Å². The minimum absolute atomic E-state index is 0.154. The van der Waals surface area contributed by atoms with Crippen molar-refractivity contribution in [3.63, 3.8) is 0 Å². The van der Waals surface area contributed by atoms with Gasteiger partial charge in [-0.05, 0) is 23.3 Å². The van der Waals surface area contributed by atoms with Crippen molar-refractivity contribution in [2.75, 3.05) is 5.73 Å². The van der Waals surface area contributed by atoms with E-state index in [2.05, 4.69) is 0 Å². The minimum Gasteiger partial charge on any atom is -0.396 e. The van der Waals surface area contributed by atoms with Crippen LogP contribution in [0.3, 0.4) is 0 Å². The Bertz CT molecular complexity index is 860. The summed E-state index contributed by atoms with van der Waals surface area (Å²) < 4.78 is 1.69. The molecule has 25 heavy (non-hydrogen) atoms. The normalized spacial score (nSPS) is 11.2. The van der Waals surface area contributed by atoms with Crippen molar-refractivity contribution in [2.45, 2.75) is 18.4 Å². The van der Waals surface area contributed by atoms with Gasteiger partial charge in [0.15, 0.2) is 0 Å². The highest BCUT2D eigenvalue weighted by Gasteiger charge is 2.33. The van der Waals surface area contributed by atoms with Gasteiger partial charge in [0.2, 0.25) is 0 Å². The molecule has 0 unspecified atom stereocenters. The van der Waals surface area contributed by atoms with Crippen LogP contribution in [0.4, 0.5) is 5.69 Å². The number of anilines is 1. The molecule has 126 valence electrons.